The number of nitrogens with two attached hydrogens (primary N) is 1. The molecule has 7 heteroatoms. The molecule has 4 aromatic rings. The SMILES string of the molecule is Cc1cc(C)c(S(=O)(=O)[O-])c(C)c1.Cc1cc2c(cc1C)[n+](N)c(C)c1cccn12. The predicted octanol–water partition coefficient (Wildman–Crippen LogP) is 3.54. The highest BCUT2D eigenvalue weighted by Gasteiger charge is 2.17. The van der Waals surface area contributed by atoms with Crippen molar-refractivity contribution in [2.75, 3.05) is 5.84 Å². The zero-order chi connectivity index (χ0) is 22.4. The smallest absolute Gasteiger partial charge is 0.259 e. The molecule has 158 valence electrons. The van der Waals surface area contributed by atoms with Crippen LogP contribution >= 0.6 is 0 Å². The molecule has 6 nitrogen and oxygen atoms in total. The van der Waals surface area contributed by atoms with E-state index in [1.165, 1.54) is 11.1 Å². The third-order valence-electron chi connectivity index (χ3n) is 5.45. The average molecular weight is 426 g/mol. The van der Waals surface area contributed by atoms with E-state index < -0.39 is 10.1 Å². The van der Waals surface area contributed by atoms with Crippen molar-refractivity contribution in [3.8, 4) is 0 Å². The summed E-state index contributed by atoms with van der Waals surface area (Å²) in [6.07, 6.45) is 2.08. The van der Waals surface area contributed by atoms with Crippen molar-refractivity contribution in [2.45, 2.75) is 46.4 Å². The van der Waals surface area contributed by atoms with Gasteiger partial charge in [0, 0.05) is 19.2 Å². The molecule has 0 aliphatic carbocycles. The Morgan fingerprint density at radius 1 is 0.867 bits per heavy atom. The second-order valence-corrected chi connectivity index (χ2v) is 9.14. The Morgan fingerprint density at radius 2 is 1.43 bits per heavy atom. The van der Waals surface area contributed by atoms with Gasteiger partial charge in [-0.15, -0.1) is 0 Å². The Kier molecular flexibility index (Phi) is 5.62. The summed E-state index contributed by atoms with van der Waals surface area (Å²) in [6.45, 7) is 11.4. The zero-order valence-electron chi connectivity index (χ0n) is 18.1. The van der Waals surface area contributed by atoms with Gasteiger partial charge >= 0.3 is 0 Å². The van der Waals surface area contributed by atoms with Crippen molar-refractivity contribution in [3.05, 3.63) is 76.1 Å². The summed E-state index contributed by atoms with van der Waals surface area (Å²) in [5.41, 5.74) is 9.01. The maximum absolute atomic E-state index is 10.8. The molecule has 0 saturated carbocycles. The molecular formula is C23H27N3O3S. The first kappa shape index (κ1) is 21.8. The minimum atomic E-state index is -4.33. The molecule has 0 unspecified atom stereocenters. The third-order valence-corrected chi connectivity index (χ3v) is 6.59. The average Bonchev–Trinajstić information content (AvgIpc) is 3.10. The van der Waals surface area contributed by atoms with E-state index in [1.807, 2.05) is 13.8 Å². The molecular weight excluding hydrogens is 398 g/mol. The van der Waals surface area contributed by atoms with Crippen LogP contribution in [-0.2, 0) is 10.1 Å². The molecule has 0 bridgehead atoms. The normalized spacial score (nSPS) is 11.6. The molecule has 2 N–H and O–H groups in total. The van der Waals surface area contributed by atoms with E-state index in [-0.39, 0.29) is 4.90 Å². The van der Waals surface area contributed by atoms with Crippen LogP contribution in [0.2, 0.25) is 0 Å². The molecule has 4 rings (SSSR count). The molecule has 0 saturated heterocycles. The van der Waals surface area contributed by atoms with Crippen LogP contribution in [0.1, 0.15) is 33.5 Å². The van der Waals surface area contributed by atoms with Crippen LogP contribution in [0.25, 0.3) is 16.6 Å². The zero-order valence-corrected chi connectivity index (χ0v) is 19.0. The van der Waals surface area contributed by atoms with Crippen molar-refractivity contribution in [3.63, 3.8) is 0 Å². The van der Waals surface area contributed by atoms with Crippen LogP contribution in [0.4, 0.5) is 0 Å². The van der Waals surface area contributed by atoms with Crippen LogP contribution < -0.4 is 10.5 Å². The van der Waals surface area contributed by atoms with Crippen molar-refractivity contribution in [2.24, 2.45) is 0 Å². The summed E-state index contributed by atoms with van der Waals surface area (Å²) in [4.78, 5) is -0.0851. The Bertz CT molecular complexity index is 1360. The first-order chi connectivity index (χ1) is 13.9. The molecule has 30 heavy (non-hydrogen) atoms. The molecule has 2 aromatic carbocycles. The second kappa shape index (κ2) is 7.74. The van der Waals surface area contributed by atoms with Crippen LogP contribution in [0.15, 0.2) is 47.5 Å². The molecule has 0 aliphatic heterocycles. The molecule has 0 radical (unpaired) electrons. The van der Waals surface area contributed by atoms with E-state index in [9.17, 15) is 13.0 Å². The number of nitrogen functional groups attached to an aromatic ring is 1. The van der Waals surface area contributed by atoms with E-state index in [0.717, 1.165) is 27.8 Å². The number of hydrogen-bond acceptors (Lipinski definition) is 4. The van der Waals surface area contributed by atoms with Crippen molar-refractivity contribution < 1.29 is 17.6 Å². The first-order valence-electron chi connectivity index (χ1n) is 9.63. The minimum Gasteiger partial charge on any atom is -0.744 e. The number of aromatic nitrogens is 2. The summed E-state index contributed by atoms with van der Waals surface area (Å²) in [7, 11) is -4.33. The fourth-order valence-corrected chi connectivity index (χ4v) is 4.83. The summed E-state index contributed by atoms with van der Waals surface area (Å²) in [5, 5.41) is 0. The monoisotopic (exact) mass is 425 g/mol. The molecule has 0 atom stereocenters. The van der Waals surface area contributed by atoms with Crippen LogP contribution in [0, 0.1) is 41.5 Å². The highest BCUT2D eigenvalue weighted by atomic mass is 32.2. The lowest BCUT2D eigenvalue weighted by Gasteiger charge is -2.14. The van der Waals surface area contributed by atoms with Gasteiger partial charge in [-0.1, -0.05) is 22.4 Å². The lowest BCUT2D eigenvalue weighted by molar-refractivity contribution is -0.617. The molecule has 0 amide bonds. The largest absolute Gasteiger partial charge is 0.744 e. The number of rotatable bonds is 1. The van der Waals surface area contributed by atoms with Crippen LogP contribution in [0.5, 0.6) is 0 Å². The van der Waals surface area contributed by atoms with E-state index in [2.05, 4.69) is 48.7 Å². The lowest BCUT2D eigenvalue weighted by Crippen LogP contribution is -2.48. The van der Waals surface area contributed by atoms with Gasteiger partial charge in [-0.05, 0) is 75.1 Å². The third kappa shape index (κ3) is 3.91. The molecule has 0 fully saturated rings. The van der Waals surface area contributed by atoms with E-state index >= 15 is 0 Å². The molecule has 2 heterocycles. The molecule has 0 spiro atoms. The maximum Gasteiger partial charge on any atom is 0.259 e. The van der Waals surface area contributed by atoms with E-state index in [4.69, 9.17) is 5.84 Å². The first-order valence-corrected chi connectivity index (χ1v) is 11.0. The van der Waals surface area contributed by atoms with Crippen molar-refractivity contribution >= 4 is 26.7 Å². The highest BCUT2D eigenvalue weighted by Crippen LogP contribution is 2.21. The Morgan fingerprint density at radius 3 is 2.00 bits per heavy atom. The van der Waals surface area contributed by atoms with Crippen LogP contribution in [0.3, 0.4) is 0 Å². The van der Waals surface area contributed by atoms with Gasteiger partial charge in [0.2, 0.25) is 5.69 Å². The van der Waals surface area contributed by atoms with E-state index in [0.29, 0.717) is 11.1 Å². The number of nitrogens with zero attached hydrogens (tertiary/aromatic N) is 2. The Hall–Kier alpha value is -2.90. The predicted molar refractivity (Wildman–Crippen MR) is 118 cm³/mol. The van der Waals surface area contributed by atoms with Gasteiger partial charge in [-0.2, -0.15) is 0 Å². The molecule has 2 aromatic heterocycles. The fraction of sp³-hybridized carbons (Fsp3) is 0.261. The number of hydrogen-bond donors (Lipinski definition) is 1. The number of fused-ring (bicyclic) bond motifs is 3. The van der Waals surface area contributed by atoms with Gasteiger partial charge in [0.05, 0.1) is 4.90 Å². The van der Waals surface area contributed by atoms with E-state index in [1.54, 1.807) is 30.7 Å². The van der Waals surface area contributed by atoms with Crippen LogP contribution in [-0.4, -0.2) is 17.4 Å². The molecule has 0 aliphatic rings. The standard InChI is InChI=1S/C14H16N3.C9H12O3S/c1-9-7-13-14(8-10(9)2)17(15)11(3)12-5-4-6-16(12)13;1-6-4-7(2)9(8(3)5-6)13(10,11)12/h4-8H,15H2,1-3H3;4-5H,1-3H3,(H,10,11,12)/q+1;/p-1. The van der Waals surface area contributed by atoms with Gasteiger partial charge in [-0.25, -0.2) is 14.3 Å². The number of aryl methyl sites for hydroxylation is 6. The summed E-state index contributed by atoms with van der Waals surface area (Å²) in [5.74, 6) is 6.17. The van der Waals surface area contributed by atoms with Gasteiger partial charge in [0.25, 0.3) is 5.52 Å². The van der Waals surface area contributed by atoms with Gasteiger partial charge < -0.3 is 8.95 Å². The second-order valence-electron chi connectivity index (χ2n) is 7.83. The minimum absolute atomic E-state index is 0.0851. The van der Waals surface area contributed by atoms with Gasteiger partial charge in [0.1, 0.15) is 21.2 Å². The van der Waals surface area contributed by atoms with Crippen molar-refractivity contribution in [1.29, 1.82) is 0 Å². The summed E-state index contributed by atoms with van der Waals surface area (Å²) >= 11 is 0. The Balaban J connectivity index is 0.000000178. The van der Waals surface area contributed by atoms with Crippen molar-refractivity contribution in [1.82, 2.24) is 4.40 Å². The number of benzene rings is 2. The summed E-state index contributed by atoms with van der Waals surface area (Å²) in [6, 6.07) is 11.9. The van der Waals surface area contributed by atoms with Gasteiger partial charge in [-0.3, -0.25) is 0 Å². The topological polar surface area (TPSA) is 91.5 Å². The highest BCUT2D eigenvalue weighted by molar-refractivity contribution is 7.85. The summed E-state index contributed by atoms with van der Waals surface area (Å²) < 4.78 is 36.5. The lowest BCUT2D eigenvalue weighted by atomic mass is 10.1. The Labute approximate surface area is 177 Å². The van der Waals surface area contributed by atoms with Gasteiger partial charge in [0.15, 0.2) is 0 Å². The quantitative estimate of drug-likeness (QED) is 0.287. The fourth-order valence-electron chi connectivity index (χ4n) is 3.92. The maximum atomic E-state index is 10.8.